The Morgan fingerprint density at radius 2 is 1.52 bits per heavy atom. The van der Waals surface area contributed by atoms with Gasteiger partial charge in [0.15, 0.2) is 0 Å². The standard InChI is InChI=1S/C20H27O.C5H5.Zr/c1-19(2,3)16-12-15(14-10-8-9-11-14)13-17(18(16)21-7)20(4,5)6;1-2-4-5-3-1;/h8,10,12-13H,9H2,1-7H3;1-3H,4H2;. The SMILES string of the molecule is COc1c(C(C)(C)C)cc(C2=[C]([Zr][C]3=CC=CC3)CC=C2)cc1C(C)(C)C. The van der Waals surface area contributed by atoms with Crippen molar-refractivity contribution >= 4 is 5.57 Å². The number of ether oxygens (including phenoxy) is 1. The Kier molecular flexibility index (Phi) is 5.88. The molecule has 0 bridgehead atoms. The summed E-state index contributed by atoms with van der Waals surface area (Å²) in [5, 5.41) is 0. The second-order valence-electron chi connectivity index (χ2n) is 9.55. The van der Waals surface area contributed by atoms with Crippen LogP contribution < -0.4 is 4.74 Å². The maximum absolute atomic E-state index is 5.94. The number of hydrogen-bond donors (Lipinski definition) is 0. The van der Waals surface area contributed by atoms with Crippen molar-refractivity contribution in [2.45, 2.75) is 65.2 Å². The number of methoxy groups -OCH3 is 1. The van der Waals surface area contributed by atoms with E-state index in [2.05, 4.69) is 84.1 Å². The Hall–Kier alpha value is -1.14. The Morgan fingerprint density at radius 1 is 0.889 bits per heavy atom. The van der Waals surface area contributed by atoms with Gasteiger partial charge in [-0.2, -0.15) is 0 Å². The maximum atomic E-state index is 5.94. The number of benzene rings is 1. The van der Waals surface area contributed by atoms with E-state index < -0.39 is 23.2 Å². The third kappa shape index (κ3) is 4.48. The molecule has 0 atom stereocenters. The summed E-state index contributed by atoms with van der Waals surface area (Å²) in [6.45, 7) is 13.7. The summed E-state index contributed by atoms with van der Waals surface area (Å²) >= 11 is -0.671. The van der Waals surface area contributed by atoms with Crippen molar-refractivity contribution in [1.29, 1.82) is 0 Å². The van der Waals surface area contributed by atoms with Gasteiger partial charge in [-0.15, -0.1) is 0 Å². The summed E-state index contributed by atoms with van der Waals surface area (Å²) in [7, 11) is 1.81. The van der Waals surface area contributed by atoms with Crippen LogP contribution in [0.1, 0.15) is 71.1 Å². The predicted molar refractivity (Wildman–Crippen MR) is 113 cm³/mol. The molecule has 2 aliphatic rings. The molecule has 0 N–H and O–H groups in total. The van der Waals surface area contributed by atoms with Crippen molar-refractivity contribution in [3.8, 4) is 5.75 Å². The molecule has 0 aliphatic heterocycles. The molecule has 0 fully saturated rings. The third-order valence-corrected chi connectivity index (χ3v) is 8.84. The van der Waals surface area contributed by atoms with Gasteiger partial charge in [0, 0.05) is 0 Å². The zero-order valence-corrected chi connectivity index (χ0v) is 20.3. The first kappa shape index (κ1) is 20.6. The molecule has 0 saturated carbocycles. The molecule has 0 saturated heterocycles. The second-order valence-corrected chi connectivity index (χ2v) is 13.2. The first-order valence-electron chi connectivity index (χ1n) is 9.87. The van der Waals surface area contributed by atoms with E-state index in [1.54, 1.807) is 6.56 Å². The fourth-order valence-electron chi connectivity index (χ4n) is 3.75. The van der Waals surface area contributed by atoms with Crippen LogP contribution in [-0.2, 0) is 34.1 Å². The molecule has 3 rings (SSSR count). The molecule has 0 heterocycles. The molecule has 142 valence electrons. The van der Waals surface area contributed by atoms with Crippen LogP contribution in [-0.4, -0.2) is 7.11 Å². The topological polar surface area (TPSA) is 9.23 Å². The van der Waals surface area contributed by atoms with Crippen molar-refractivity contribution < 1.29 is 28.0 Å². The van der Waals surface area contributed by atoms with Crippen molar-refractivity contribution in [3.63, 3.8) is 0 Å². The molecule has 2 heteroatoms. The van der Waals surface area contributed by atoms with Gasteiger partial charge in [-0.3, -0.25) is 0 Å². The average molecular weight is 440 g/mol. The molecular formula is C25H32OZr. The normalized spacial score (nSPS) is 16.9. The van der Waals surface area contributed by atoms with Crippen molar-refractivity contribution in [1.82, 2.24) is 0 Å². The van der Waals surface area contributed by atoms with Gasteiger partial charge < -0.3 is 0 Å². The molecule has 0 radical (unpaired) electrons. The zero-order chi connectivity index (χ0) is 19.8. The average Bonchev–Trinajstić information content (AvgIpc) is 3.24. The summed E-state index contributed by atoms with van der Waals surface area (Å²) in [4.78, 5) is 0. The number of rotatable bonds is 4. The van der Waals surface area contributed by atoms with E-state index in [1.807, 2.05) is 7.11 Å². The molecule has 27 heavy (non-hydrogen) atoms. The fourth-order valence-corrected chi connectivity index (χ4v) is 7.11. The molecule has 1 aromatic carbocycles. The summed E-state index contributed by atoms with van der Waals surface area (Å²) < 4.78 is 9.34. The van der Waals surface area contributed by atoms with Gasteiger partial charge >= 0.3 is 177 Å². The van der Waals surface area contributed by atoms with E-state index in [-0.39, 0.29) is 10.8 Å². The van der Waals surface area contributed by atoms with E-state index in [0.29, 0.717) is 0 Å². The minimum atomic E-state index is -0.671. The molecule has 0 spiro atoms. The fraction of sp³-hybridized carbons (Fsp3) is 0.440. The Balaban J connectivity index is 2.16. The van der Waals surface area contributed by atoms with Gasteiger partial charge in [0.25, 0.3) is 0 Å². The van der Waals surface area contributed by atoms with Crippen molar-refractivity contribution in [2.75, 3.05) is 7.11 Å². The van der Waals surface area contributed by atoms with Crippen LogP contribution in [0, 0.1) is 0 Å². The summed E-state index contributed by atoms with van der Waals surface area (Å²) in [6, 6.07) is 4.78. The molecule has 1 nitrogen and oxygen atoms in total. The van der Waals surface area contributed by atoms with Gasteiger partial charge in [0.05, 0.1) is 0 Å². The Bertz CT molecular complexity index is 816. The van der Waals surface area contributed by atoms with Crippen LogP contribution >= 0.6 is 0 Å². The van der Waals surface area contributed by atoms with Crippen LogP contribution in [0.2, 0.25) is 0 Å². The Labute approximate surface area is 176 Å². The first-order chi connectivity index (χ1) is 12.6. The Morgan fingerprint density at radius 3 is 2.00 bits per heavy atom. The summed E-state index contributed by atoms with van der Waals surface area (Å²) in [5.74, 6) is 1.06. The number of hydrogen-bond acceptors (Lipinski definition) is 1. The molecular weight excluding hydrogens is 407 g/mol. The summed E-state index contributed by atoms with van der Waals surface area (Å²) in [6.07, 6.45) is 13.9. The van der Waals surface area contributed by atoms with Gasteiger partial charge in [-0.1, -0.05) is 0 Å². The van der Waals surface area contributed by atoms with Gasteiger partial charge in [-0.25, -0.2) is 0 Å². The van der Waals surface area contributed by atoms with Crippen LogP contribution in [0.4, 0.5) is 0 Å². The molecule has 0 amide bonds. The quantitative estimate of drug-likeness (QED) is 0.496. The zero-order valence-electron chi connectivity index (χ0n) is 17.9. The molecule has 2 aliphatic carbocycles. The number of allylic oxidation sites excluding steroid dienone is 8. The molecule has 0 unspecified atom stereocenters. The molecule has 0 aromatic heterocycles. The summed E-state index contributed by atoms with van der Waals surface area (Å²) in [5.41, 5.74) is 5.57. The minimum absolute atomic E-state index is 0.0439. The predicted octanol–water partition coefficient (Wildman–Crippen LogP) is 6.89. The van der Waals surface area contributed by atoms with E-state index >= 15 is 0 Å². The van der Waals surface area contributed by atoms with E-state index in [9.17, 15) is 0 Å². The van der Waals surface area contributed by atoms with Crippen molar-refractivity contribution in [3.05, 3.63) is 65.8 Å². The van der Waals surface area contributed by atoms with Crippen LogP contribution in [0.5, 0.6) is 5.75 Å². The van der Waals surface area contributed by atoms with E-state index in [1.165, 1.54) is 28.7 Å². The van der Waals surface area contributed by atoms with Crippen LogP contribution in [0.3, 0.4) is 0 Å². The van der Waals surface area contributed by atoms with Crippen molar-refractivity contribution in [2.24, 2.45) is 0 Å². The van der Waals surface area contributed by atoms with E-state index in [4.69, 9.17) is 4.74 Å². The van der Waals surface area contributed by atoms with Crippen LogP contribution in [0.25, 0.3) is 5.57 Å². The van der Waals surface area contributed by atoms with Gasteiger partial charge in [0.1, 0.15) is 0 Å². The molecule has 1 aromatic rings. The van der Waals surface area contributed by atoms with E-state index in [0.717, 1.165) is 12.2 Å². The van der Waals surface area contributed by atoms with Gasteiger partial charge in [-0.05, 0) is 0 Å². The first-order valence-corrected chi connectivity index (χ1v) is 12.3. The third-order valence-electron chi connectivity index (χ3n) is 5.23. The monoisotopic (exact) mass is 438 g/mol. The van der Waals surface area contributed by atoms with Gasteiger partial charge in [0.2, 0.25) is 0 Å². The second kappa shape index (κ2) is 7.71. The van der Waals surface area contributed by atoms with Crippen LogP contribution in [0.15, 0.2) is 49.1 Å².